The number of rotatable bonds is 5. The highest BCUT2D eigenvalue weighted by Gasteiger charge is 2.08. The molecule has 0 aliphatic rings. The van der Waals surface area contributed by atoms with Crippen LogP contribution in [0, 0.1) is 0 Å². The van der Waals surface area contributed by atoms with E-state index in [1.54, 1.807) is 0 Å². The van der Waals surface area contributed by atoms with Crippen molar-refractivity contribution in [2.75, 3.05) is 13.1 Å². The van der Waals surface area contributed by atoms with Gasteiger partial charge in [0.2, 0.25) is 5.91 Å². The first-order valence-electron chi connectivity index (χ1n) is 6.17. The van der Waals surface area contributed by atoms with Crippen molar-refractivity contribution in [1.29, 1.82) is 0 Å². The molecule has 0 radical (unpaired) electrons. The molecule has 1 aromatic carbocycles. The summed E-state index contributed by atoms with van der Waals surface area (Å²) >= 11 is 0. The molecule has 2 nitrogen and oxygen atoms in total. The molecule has 0 N–H and O–H groups in total. The molecule has 17 heavy (non-hydrogen) atoms. The van der Waals surface area contributed by atoms with Gasteiger partial charge in [-0.05, 0) is 19.4 Å². The minimum absolute atomic E-state index is 0.216. The van der Waals surface area contributed by atoms with Crippen LogP contribution in [0.1, 0.15) is 32.8 Å². The molecule has 0 atom stereocenters. The summed E-state index contributed by atoms with van der Waals surface area (Å²) in [5, 5.41) is 0. The lowest BCUT2D eigenvalue weighted by atomic mass is 10.1. The quantitative estimate of drug-likeness (QED) is 0.761. The lowest BCUT2D eigenvalue weighted by Crippen LogP contribution is -2.31. The van der Waals surface area contributed by atoms with Crippen LogP contribution in [-0.2, 0) is 4.79 Å². The predicted octanol–water partition coefficient (Wildman–Crippen LogP) is 3.35. The lowest BCUT2D eigenvalue weighted by Gasteiger charge is -2.20. The number of carbonyl (C=O) groups excluding carboxylic acids is 1. The molecule has 1 aromatic rings. The number of benzene rings is 1. The van der Waals surface area contributed by atoms with Crippen LogP contribution in [0.4, 0.5) is 0 Å². The van der Waals surface area contributed by atoms with Gasteiger partial charge in [0.25, 0.3) is 0 Å². The van der Waals surface area contributed by atoms with Crippen molar-refractivity contribution in [3.63, 3.8) is 0 Å². The van der Waals surface area contributed by atoms with Crippen LogP contribution in [0.15, 0.2) is 35.9 Å². The van der Waals surface area contributed by atoms with Crippen molar-refractivity contribution in [3.8, 4) is 0 Å². The number of hydrogen-bond donors (Lipinski definition) is 0. The molecule has 92 valence electrons. The van der Waals surface area contributed by atoms with E-state index in [1.807, 2.05) is 36.9 Å². The molecule has 1 rings (SSSR count). The third kappa shape index (κ3) is 4.43. The lowest BCUT2D eigenvalue weighted by molar-refractivity contribution is -0.130. The van der Waals surface area contributed by atoms with Crippen molar-refractivity contribution in [2.45, 2.75) is 27.2 Å². The van der Waals surface area contributed by atoms with Gasteiger partial charge in [-0.2, -0.15) is 0 Å². The van der Waals surface area contributed by atoms with Crippen molar-refractivity contribution in [3.05, 3.63) is 41.5 Å². The van der Waals surface area contributed by atoms with E-state index in [0.29, 0.717) is 6.42 Å². The van der Waals surface area contributed by atoms with E-state index in [9.17, 15) is 4.79 Å². The van der Waals surface area contributed by atoms with Crippen LogP contribution in [0.25, 0.3) is 6.08 Å². The summed E-state index contributed by atoms with van der Waals surface area (Å²) in [4.78, 5) is 13.5. The van der Waals surface area contributed by atoms with E-state index in [-0.39, 0.29) is 5.91 Å². The Morgan fingerprint density at radius 2 is 1.88 bits per heavy atom. The molecular formula is C15H21NO. The fraction of sp³-hybridized carbons (Fsp3) is 0.400. The second-order valence-corrected chi connectivity index (χ2v) is 4.16. The maximum Gasteiger partial charge on any atom is 0.222 e. The summed E-state index contributed by atoms with van der Waals surface area (Å²) in [6, 6.07) is 10.2. The Balaban J connectivity index is 2.67. The normalized spacial score (nSPS) is 11.4. The first kappa shape index (κ1) is 13.5. The first-order valence-corrected chi connectivity index (χ1v) is 6.17. The van der Waals surface area contributed by atoms with Crippen LogP contribution in [-0.4, -0.2) is 23.9 Å². The molecule has 2 heteroatoms. The van der Waals surface area contributed by atoms with Gasteiger partial charge >= 0.3 is 0 Å². The van der Waals surface area contributed by atoms with Gasteiger partial charge in [0.15, 0.2) is 0 Å². The largest absolute Gasteiger partial charge is 0.339 e. The molecule has 0 bridgehead atoms. The Morgan fingerprint density at radius 1 is 1.24 bits per heavy atom. The Kier molecular flexibility index (Phi) is 5.47. The third-order valence-corrected chi connectivity index (χ3v) is 2.69. The summed E-state index contributed by atoms with van der Waals surface area (Å²) in [5.41, 5.74) is 2.39. The van der Waals surface area contributed by atoms with E-state index in [1.165, 1.54) is 11.1 Å². The zero-order chi connectivity index (χ0) is 12.7. The zero-order valence-electron chi connectivity index (χ0n) is 10.9. The van der Waals surface area contributed by atoms with Gasteiger partial charge in [-0.15, -0.1) is 0 Å². The number of nitrogens with zero attached hydrogens (tertiary/aromatic N) is 1. The minimum Gasteiger partial charge on any atom is -0.339 e. The second kappa shape index (κ2) is 6.89. The molecule has 1 amide bonds. The monoisotopic (exact) mass is 231 g/mol. The van der Waals surface area contributed by atoms with Crippen LogP contribution in [0.5, 0.6) is 0 Å². The summed E-state index contributed by atoms with van der Waals surface area (Å²) in [6.45, 7) is 7.48. The summed E-state index contributed by atoms with van der Waals surface area (Å²) in [6.07, 6.45) is 2.71. The molecule has 0 aliphatic heterocycles. The summed E-state index contributed by atoms with van der Waals surface area (Å²) in [7, 11) is 0. The van der Waals surface area contributed by atoms with Gasteiger partial charge < -0.3 is 4.90 Å². The summed E-state index contributed by atoms with van der Waals surface area (Å²) in [5.74, 6) is 0.216. The maximum atomic E-state index is 11.6. The highest BCUT2D eigenvalue weighted by atomic mass is 16.2. The van der Waals surface area contributed by atoms with Gasteiger partial charge in [-0.25, -0.2) is 0 Å². The van der Waals surface area contributed by atoms with Gasteiger partial charge in [-0.1, -0.05) is 48.9 Å². The van der Waals surface area contributed by atoms with Crippen molar-refractivity contribution < 1.29 is 4.79 Å². The SMILES string of the molecule is CCC(=O)N(CC)C/C(C)=C/c1ccccc1. The van der Waals surface area contributed by atoms with E-state index in [2.05, 4.69) is 25.1 Å². The molecule has 0 heterocycles. The van der Waals surface area contributed by atoms with Gasteiger partial charge in [-0.3, -0.25) is 4.79 Å². The first-order chi connectivity index (χ1) is 8.17. The molecule has 0 spiro atoms. The molecule has 0 unspecified atom stereocenters. The van der Waals surface area contributed by atoms with Crippen LogP contribution < -0.4 is 0 Å². The predicted molar refractivity (Wildman–Crippen MR) is 72.6 cm³/mol. The van der Waals surface area contributed by atoms with Crippen molar-refractivity contribution >= 4 is 12.0 Å². The maximum absolute atomic E-state index is 11.6. The molecular weight excluding hydrogens is 210 g/mol. The van der Waals surface area contributed by atoms with E-state index in [0.717, 1.165) is 13.1 Å². The van der Waals surface area contributed by atoms with Crippen LogP contribution in [0.2, 0.25) is 0 Å². The highest BCUT2D eigenvalue weighted by molar-refractivity contribution is 5.76. The zero-order valence-corrected chi connectivity index (χ0v) is 10.9. The third-order valence-electron chi connectivity index (χ3n) is 2.69. The molecule has 0 saturated heterocycles. The van der Waals surface area contributed by atoms with Gasteiger partial charge in [0.05, 0.1) is 0 Å². The van der Waals surface area contributed by atoms with Crippen LogP contribution >= 0.6 is 0 Å². The van der Waals surface area contributed by atoms with Crippen LogP contribution in [0.3, 0.4) is 0 Å². The van der Waals surface area contributed by atoms with Gasteiger partial charge in [0, 0.05) is 19.5 Å². The molecule has 0 fully saturated rings. The van der Waals surface area contributed by atoms with E-state index >= 15 is 0 Å². The standard InChI is InChI=1S/C15H21NO/c1-4-15(17)16(5-2)12-13(3)11-14-9-7-6-8-10-14/h6-11H,4-5,12H2,1-3H3/b13-11+. The fourth-order valence-corrected chi connectivity index (χ4v) is 1.78. The number of likely N-dealkylation sites (N-methyl/N-ethyl adjacent to an activating group) is 1. The highest BCUT2D eigenvalue weighted by Crippen LogP contribution is 2.08. The van der Waals surface area contributed by atoms with E-state index in [4.69, 9.17) is 0 Å². The Labute approximate surface area is 104 Å². The molecule has 0 saturated carbocycles. The van der Waals surface area contributed by atoms with Gasteiger partial charge in [0.1, 0.15) is 0 Å². The number of amides is 1. The molecule has 0 aromatic heterocycles. The Bertz CT molecular complexity index is 381. The number of hydrogen-bond acceptors (Lipinski definition) is 1. The average Bonchev–Trinajstić information content (AvgIpc) is 2.36. The average molecular weight is 231 g/mol. The van der Waals surface area contributed by atoms with E-state index < -0.39 is 0 Å². The second-order valence-electron chi connectivity index (χ2n) is 4.16. The minimum atomic E-state index is 0.216. The topological polar surface area (TPSA) is 20.3 Å². The number of carbonyl (C=O) groups is 1. The Hall–Kier alpha value is -1.57. The summed E-state index contributed by atoms with van der Waals surface area (Å²) < 4.78 is 0. The van der Waals surface area contributed by atoms with Crippen molar-refractivity contribution in [1.82, 2.24) is 4.90 Å². The van der Waals surface area contributed by atoms with Crippen molar-refractivity contribution in [2.24, 2.45) is 0 Å². The smallest absolute Gasteiger partial charge is 0.222 e. The molecule has 0 aliphatic carbocycles. The fourth-order valence-electron chi connectivity index (χ4n) is 1.78. The Morgan fingerprint density at radius 3 is 2.41 bits per heavy atom.